The van der Waals surface area contributed by atoms with E-state index in [1.165, 1.54) is 10.6 Å². The van der Waals surface area contributed by atoms with E-state index in [2.05, 4.69) is 29.8 Å². The lowest BCUT2D eigenvalue weighted by molar-refractivity contribution is 0.205. The zero-order valence-electron chi connectivity index (χ0n) is 12.8. The van der Waals surface area contributed by atoms with Gasteiger partial charge in [0.1, 0.15) is 11.1 Å². The summed E-state index contributed by atoms with van der Waals surface area (Å²) < 4.78 is 0. The smallest absolute Gasteiger partial charge is 0.116 e. The van der Waals surface area contributed by atoms with Crippen molar-refractivity contribution >= 4 is 23.5 Å². The number of nitrogens with zero attached hydrogens (tertiary/aromatic N) is 4. The molecule has 0 aliphatic carbocycles. The summed E-state index contributed by atoms with van der Waals surface area (Å²) in [6, 6.07) is 6.28. The van der Waals surface area contributed by atoms with Gasteiger partial charge in [-0.15, -0.1) is 11.3 Å². The fraction of sp³-hybridized carbons (Fsp3) is 0.353. The predicted octanol–water partition coefficient (Wildman–Crippen LogP) is 3.35. The molecule has 2 aromatic heterocycles. The SMILES string of the molecule is CC(C)N1CCc2nc(C=Cc3ccc(C#N)cn3)sc2C1. The molecule has 0 saturated heterocycles. The first-order chi connectivity index (χ1) is 10.7. The van der Waals surface area contributed by atoms with Gasteiger partial charge in [0.05, 0.1) is 17.0 Å². The molecule has 5 heteroatoms. The third-order valence-corrected chi connectivity index (χ3v) is 4.87. The quantitative estimate of drug-likeness (QED) is 0.872. The standard InChI is InChI=1S/C17H18N4S/c1-12(2)21-8-7-15-16(11-21)22-17(20-15)6-5-14-4-3-13(9-18)10-19-14/h3-6,10,12H,7-8,11H2,1-2H3. The van der Waals surface area contributed by atoms with Gasteiger partial charge < -0.3 is 0 Å². The second-order valence-corrected chi connectivity index (χ2v) is 6.77. The van der Waals surface area contributed by atoms with E-state index in [0.29, 0.717) is 11.6 Å². The van der Waals surface area contributed by atoms with Crippen molar-refractivity contribution in [2.75, 3.05) is 6.54 Å². The van der Waals surface area contributed by atoms with Crippen LogP contribution in [-0.2, 0) is 13.0 Å². The summed E-state index contributed by atoms with van der Waals surface area (Å²) in [7, 11) is 0. The molecule has 0 saturated carbocycles. The van der Waals surface area contributed by atoms with Crippen molar-refractivity contribution in [2.45, 2.75) is 32.9 Å². The van der Waals surface area contributed by atoms with Crippen LogP contribution in [0.15, 0.2) is 18.3 Å². The summed E-state index contributed by atoms with van der Waals surface area (Å²) in [5.41, 5.74) is 2.67. The lowest BCUT2D eigenvalue weighted by Crippen LogP contribution is -2.35. The van der Waals surface area contributed by atoms with Gasteiger partial charge in [-0.1, -0.05) is 0 Å². The molecule has 0 unspecified atom stereocenters. The molecule has 1 aliphatic rings. The number of pyridine rings is 1. The average molecular weight is 310 g/mol. The zero-order valence-corrected chi connectivity index (χ0v) is 13.6. The highest BCUT2D eigenvalue weighted by molar-refractivity contribution is 7.12. The third kappa shape index (κ3) is 3.24. The minimum Gasteiger partial charge on any atom is -0.295 e. The maximum atomic E-state index is 8.77. The highest BCUT2D eigenvalue weighted by atomic mass is 32.1. The number of thiazole rings is 1. The van der Waals surface area contributed by atoms with Gasteiger partial charge in [0.2, 0.25) is 0 Å². The van der Waals surface area contributed by atoms with E-state index in [-0.39, 0.29) is 0 Å². The van der Waals surface area contributed by atoms with E-state index < -0.39 is 0 Å². The second-order valence-electron chi connectivity index (χ2n) is 5.65. The van der Waals surface area contributed by atoms with Crippen molar-refractivity contribution in [3.63, 3.8) is 0 Å². The Hall–Kier alpha value is -2.03. The van der Waals surface area contributed by atoms with Crippen molar-refractivity contribution in [1.82, 2.24) is 14.9 Å². The van der Waals surface area contributed by atoms with E-state index in [1.54, 1.807) is 23.6 Å². The number of aromatic nitrogens is 2. The van der Waals surface area contributed by atoms with Crippen LogP contribution in [0.3, 0.4) is 0 Å². The van der Waals surface area contributed by atoms with Crippen LogP contribution in [-0.4, -0.2) is 27.5 Å². The zero-order chi connectivity index (χ0) is 15.5. The molecular formula is C17H18N4S. The second kappa shape index (κ2) is 6.39. The van der Waals surface area contributed by atoms with E-state index >= 15 is 0 Å². The van der Waals surface area contributed by atoms with Crippen LogP contribution < -0.4 is 0 Å². The first-order valence-corrected chi connectivity index (χ1v) is 8.24. The number of nitriles is 1. The Morgan fingerprint density at radius 2 is 2.23 bits per heavy atom. The Morgan fingerprint density at radius 1 is 1.36 bits per heavy atom. The van der Waals surface area contributed by atoms with Gasteiger partial charge in [0, 0.05) is 36.6 Å². The van der Waals surface area contributed by atoms with Gasteiger partial charge >= 0.3 is 0 Å². The van der Waals surface area contributed by atoms with E-state index in [1.807, 2.05) is 18.2 Å². The topological polar surface area (TPSA) is 52.8 Å². The molecule has 0 N–H and O–H groups in total. The van der Waals surface area contributed by atoms with Crippen molar-refractivity contribution < 1.29 is 0 Å². The van der Waals surface area contributed by atoms with Gasteiger partial charge in [-0.2, -0.15) is 5.26 Å². The molecule has 0 amide bonds. The minimum atomic E-state index is 0.579. The molecule has 22 heavy (non-hydrogen) atoms. The van der Waals surface area contributed by atoms with E-state index in [0.717, 1.165) is 30.2 Å². The Labute approximate surface area is 134 Å². The maximum absolute atomic E-state index is 8.77. The molecular weight excluding hydrogens is 292 g/mol. The van der Waals surface area contributed by atoms with Gasteiger partial charge in [0.25, 0.3) is 0 Å². The highest BCUT2D eigenvalue weighted by Gasteiger charge is 2.21. The third-order valence-electron chi connectivity index (χ3n) is 3.82. The molecule has 0 aromatic carbocycles. The molecule has 1 aliphatic heterocycles. The Balaban J connectivity index is 1.74. The summed E-state index contributed by atoms with van der Waals surface area (Å²) in [5.74, 6) is 0. The van der Waals surface area contributed by atoms with Crippen LogP contribution in [0.5, 0.6) is 0 Å². The normalized spacial score (nSPS) is 15.2. The van der Waals surface area contributed by atoms with Crippen LogP contribution in [0.1, 0.15) is 40.7 Å². The lowest BCUT2D eigenvalue weighted by Gasteiger charge is -2.29. The van der Waals surface area contributed by atoms with Crippen LogP contribution in [0.25, 0.3) is 12.2 Å². The molecule has 0 fully saturated rings. The van der Waals surface area contributed by atoms with Crippen molar-refractivity contribution in [3.05, 3.63) is 45.2 Å². The molecule has 3 heterocycles. The van der Waals surface area contributed by atoms with Crippen LogP contribution in [0.2, 0.25) is 0 Å². The Kier molecular flexibility index (Phi) is 4.32. The fourth-order valence-corrected chi connectivity index (χ4v) is 3.51. The summed E-state index contributed by atoms with van der Waals surface area (Å²) in [4.78, 5) is 12.8. The van der Waals surface area contributed by atoms with Gasteiger partial charge in [-0.05, 0) is 38.1 Å². The van der Waals surface area contributed by atoms with E-state index in [9.17, 15) is 0 Å². The largest absolute Gasteiger partial charge is 0.295 e. The van der Waals surface area contributed by atoms with Crippen LogP contribution in [0.4, 0.5) is 0 Å². The number of hydrogen-bond donors (Lipinski definition) is 0. The monoisotopic (exact) mass is 310 g/mol. The van der Waals surface area contributed by atoms with Gasteiger partial charge in [0.15, 0.2) is 0 Å². The molecule has 4 nitrogen and oxygen atoms in total. The minimum absolute atomic E-state index is 0.579. The number of hydrogen-bond acceptors (Lipinski definition) is 5. The number of fused-ring (bicyclic) bond motifs is 1. The first-order valence-electron chi connectivity index (χ1n) is 7.42. The fourth-order valence-electron chi connectivity index (χ4n) is 2.47. The number of rotatable bonds is 3. The van der Waals surface area contributed by atoms with Gasteiger partial charge in [-0.25, -0.2) is 4.98 Å². The summed E-state index contributed by atoms with van der Waals surface area (Å²) >= 11 is 1.76. The maximum Gasteiger partial charge on any atom is 0.116 e. The van der Waals surface area contributed by atoms with Gasteiger partial charge in [-0.3, -0.25) is 9.88 Å². The highest BCUT2D eigenvalue weighted by Crippen LogP contribution is 2.27. The van der Waals surface area contributed by atoms with Crippen molar-refractivity contribution in [1.29, 1.82) is 5.26 Å². The Bertz CT molecular complexity index is 722. The molecule has 0 atom stereocenters. The van der Waals surface area contributed by atoms with E-state index in [4.69, 9.17) is 10.2 Å². The lowest BCUT2D eigenvalue weighted by atomic mass is 10.1. The molecule has 112 valence electrons. The summed E-state index contributed by atoms with van der Waals surface area (Å²) in [5, 5.41) is 9.80. The first kappa shape index (κ1) is 14.9. The molecule has 3 rings (SSSR count). The summed E-state index contributed by atoms with van der Waals surface area (Å²) in [6.07, 6.45) is 6.59. The van der Waals surface area contributed by atoms with Crippen molar-refractivity contribution in [3.8, 4) is 6.07 Å². The average Bonchev–Trinajstić information content (AvgIpc) is 2.95. The predicted molar refractivity (Wildman–Crippen MR) is 89.2 cm³/mol. The van der Waals surface area contributed by atoms with Crippen molar-refractivity contribution in [2.24, 2.45) is 0 Å². The van der Waals surface area contributed by atoms with Crippen LogP contribution >= 0.6 is 11.3 Å². The Morgan fingerprint density at radius 3 is 2.91 bits per heavy atom. The molecule has 0 bridgehead atoms. The molecule has 0 spiro atoms. The summed E-state index contributed by atoms with van der Waals surface area (Å²) in [6.45, 7) is 6.58. The molecule has 0 radical (unpaired) electrons. The van der Waals surface area contributed by atoms with Crippen LogP contribution in [0, 0.1) is 11.3 Å². The molecule has 2 aromatic rings.